The molecule has 3 heterocycles. The summed E-state index contributed by atoms with van der Waals surface area (Å²) in [6.07, 6.45) is 2.62. The number of aryl methyl sites for hydroxylation is 1. The van der Waals surface area contributed by atoms with Gasteiger partial charge in [-0.2, -0.15) is 4.98 Å². The number of fused-ring (bicyclic) bond motifs is 1. The summed E-state index contributed by atoms with van der Waals surface area (Å²) in [6, 6.07) is 9.76. The van der Waals surface area contributed by atoms with Gasteiger partial charge in [-0.05, 0) is 37.5 Å². The standard InChI is InChI=1S/C20H19N3O3S/c1-12(10-14-6-4-3-5-7-14)18(24)22-20-17(19-21-13(2)23-26-19)15-8-9-25-11-16(15)27-20/h3-7,10H,8-9,11H2,1-2H3,(H,22,24). The Morgan fingerprint density at radius 2 is 2.11 bits per heavy atom. The van der Waals surface area contributed by atoms with Crippen molar-refractivity contribution < 1.29 is 14.1 Å². The lowest BCUT2D eigenvalue weighted by Crippen LogP contribution is -2.12. The zero-order chi connectivity index (χ0) is 18.8. The maximum Gasteiger partial charge on any atom is 0.261 e. The first-order chi connectivity index (χ1) is 13.1. The van der Waals surface area contributed by atoms with Crippen molar-refractivity contribution in [1.29, 1.82) is 0 Å². The average Bonchev–Trinajstić information content (AvgIpc) is 3.25. The lowest BCUT2D eigenvalue weighted by molar-refractivity contribution is -0.112. The third kappa shape index (κ3) is 3.70. The average molecular weight is 381 g/mol. The molecule has 138 valence electrons. The van der Waals surface area contributed by atoms with Crippen LogP contribution in [0, 0.1) is 6.92 Å². The second kappa shape index (κ2) is 7.46. The number of amides is 1. The molecule has 0 saturated heterocycles. The number of carbonyl (C=O) groups is 1. The summed E-state index contributed by atoms with van der Waals surface area (Å²) in [5.41, 5.74) is 3.54. The summed E-state index contributed by atoms with van der Waals surface area (Å²) < 4.78 is 10.9. The summed E-state index contributed by atoms with van der Waals surface area (Å²) in [6.45, 7) is 4.76. The molecule has 0 saturated carbocycles. The molecular formula is C20H19N3O3S. The second-order valence-electron chi connectivity index (χ2n) is 6.35. The molecule has 0 fully saturated rings. The van der Waals surface area contributed by atoms with Crippen molar-refractivity contribution in [1.82, 2.24) is 10.1 Å². The predicted molar refractivity (Wildman–Crippen MR) is 104 cm³/mol. The Hall–Kier alpha value is -2.77. The lowest BCUT2D eigenvalue weighted by Gasteiger charge is -2.12. The van der Waals surface area contributed by atoms with Gasteiger partial charge in [0.2, 0.25) is 0 Å². The third-order valence-electron chi connectivity index (χ3n) is 4.33. The molecule has 1 aliphatic heterocycles. The molecule has 0 unspecified atom stereocenters. The molecule has 0 radical (unpaired) electrons. The van der Waals surface area contributed by atoms with Gasteiger partial charge in [0.25, 0.3) is 11.8 Å². The maximum atomic E-state index is 12.7. The molecule has 1 N–H and O–H groups in total. The first-order valence-corrected chi connectivity index (χ1v) is 9.51. The Bertz CT molecular complexity index is 1000. The van der Waals surface area contributed by atoms with E-state index in [1.165, 1.54) is 11.3 Å². The van der Waals surface area contributed by atoms with Crippen LogP contribution in [0.1, 0.15) is 28.8 Å². The maximum absolute atomic E-state index is 12.7. The molecule has 4 rings (SSSR count). The van der Waals surface area contributed by atoms with E-state index in [1.807, 2.05) is 36.4 Å². The molecule has 3 aromatic rings. The number of hydrogen-bond donors (Lipinski definition) is 1. The molecular weight excluding hydrogens is 362 g/mol. The Kier molecular flexibility index (Phi) is 4.87. The molecule has 2 aromatic heterocycles. The van der Waals surface area contributed by atoms with Crippen LogP contribution in [0.5, 0.6) is 0 Å². The van der Waals surface area contributed by atoms with Crippen molar-refractivity contribution in [2.75, 3.05) is 11.9 Å². The number of rotatable bonds is 4. The molecule has 0 bridgehead atoms. The molecule has 1 aromatic carbocycles. The summed E-state index contributed by atoms with van der Waals surface area (Å²) in [5.74, 6) is 0.845. The molecule has 0 atom stereocenters. The van der Waals surface area contributed by atoms with Crippen LogP contribution in [0.15, 0.2) is 40.4 Å². The number of aromatic nitrogens is 2. The van der Waals surface area contributed by atoms with E-state index >= 15 is 0 Å². The van der Waals surface area contributed by atoms with E-state index in [-0.39, 0.29) is 5.91 Å². The van der Waals surface area contributed by atoms with Crippen LogP contribution in [-0.2, 0) is 22.6 Å². The highest BCUT2D eigenvalue weighted by atomic mass is 32.1. The van der Waals surface area contributed by atoms with Gasteiger partial charge in [-0.25, -0.2) is 0 Å². The minimum absolute atomic E-state index is 0.157. The van der Waals surface area contributed by atoms with Crippen LogP contribution < -0.4 is 5.32 Å². The molecule has 0 spiro atoms. The van der Waals surface area contributed by atoms with Crippen molar-refractivity contribution in [3.63, 3.8) is 0 Å². The number of anilines is 1. The number of benzene rings is 1. The van der Waals surface area contributed by atoms with Gasteiger partial charge in [0.1, 0.15) is 5.00 Å². The SMILES string of the molecule is CC(=Cc1ccccc1)C(=O)Nc1sc2c(c1-c1nc(C)no1)CCOC2. The number of nitrogens with zero attached hydrogens (tertiary/aromatic N) is 2. The number of carbonyl (C=O) groups excluding carboxylic acids is 1. The smallest absolute Gasteiger partial charge is 0.261 e. The number of hydrogen-bond acceptors (Lipinski definition) is 6. The summed E-state index contributed by atoms with van der Waals surface area (Å²) >= 11 is 1.51. The molecule has 1 aliphatic rings. The van der Waals surface area contributed by atoms with Gasteiger partial charge < -0.3 is 14.6 Å². The Morgan fingerprint density at radius 3 is 2.85 bits per heavy atom. The van der Waals surface area contributed by atoms with Gasteiger partial charge in [0.05, 0.1) is 18.8 Å². The third-order valence-corrected chi connectivity index (χ3v) is 5.45. The van der Waals surface area contributed by atoms with Gasteiger partial charge in [-0.1, -0.05) is 35.5 Å². The fraction of sp³-hybridized carbons (Fsp3) is 0.250. The van der Waals surface area contributed by atoms with Crippen LogP contribution in [0.4, 0.5) is 5.00 Å². The van der Waals surface area contributed by atoms with E-state index < -0.39 is 0 Å². The van der Waals surface area contributed by atoms with Gasteiger partial charge >= 0.3 is 0 Å². The quantitative estimate of drug-likeness (QED) is 0.685. The Morgan fingerprint density at radius 1 is 1.30 bits per heavy atom. The minimum atomic E-state index is -0.157. The van der Waals surface area contributed by atoms with E-state index in [0.29, 0.717) is 30.5 Å². The highest BCUT2D eigenvalue weighted by molar-refractivity contribution is 7.17. The highest BCUT2D eigenvalue weighted by Gasteiger charge is 2.26. The Balaban J connectivity index is 1.66. The normalized spacial score (nSPS) is 14.1. The molecule has 0 aliphatic carbocycles. The first kappa shape index (κ1) is 17.6. The van der Waals surface area contributed by atoms with Crippen LogP contribution in [0.3, 0.4) is 0 Å². The van der Waals surface area contributed by atoms with Gasteiger partial charge in [0, 0.05) is 10.5 Å². The lowest BCUT2D eigenvalue weighted by atomic mass is 10.1. The van der Waals surface area contributed by atoms with Gasteiger partial charge in [0.15, 0.2) is 5.82 Å². The largest absolute Gasteiger partial charge is 0.376 e. The summed E-state index contributed by atoms with van der Waals surface area (Å²) in [7, 11) is 0. The molecule has 27 heavy (non-hydrogen) atoms. The predicted octanol–water partition coefficient (Wildman–Crippen LogP) is 4.22. The minimum Gasteiger partial charge on any atom is -0.376 e. The van der Waals surface area contributed by atoms with E-state index in [9.17, 15) is 4.79 Å². The van der Waals surface area contributed by atoms with Crippen LogP contribution in [0.2, 0.25) is 0 Å². The van der Waals surface area contributed by atoms with Crippen LogP contribution in [-0.4, -0.2) is 22.7 Å². The van der Waals surface area contributed by atoms with E-state index in [2.05, 4.69) is 15.5 Å². The number of ether oxygens (including phenoxy) is 1. The topological polar surface area (TPSA) is 77.3 Å². The molecule has 1 amide bonds. The number of thiophene rings is 1. The van der Waals surface area contributed by atoms with Crippen LogP contribution >= 0.6 is 11.3 Å². The van der Waals surface area contributed by atoms with Crippen molar-refractivity contribution in [3.05, 3.63) is 57.7 Å². The van der Waals surface area contributed by atoms with Crippen molar-refractivity contribution >= 4 is 28.3 Å². The van der Waals surface area contributed by atoms with E-state index in [4.69, 9.17) is 9.26 Å². The monoisotopic (exact) mass is 381 g/mol. The van der Waals surface area contributed by atoms with Crippen LogP contribution in [0.25, 0.3) is 17.5 Å². The van der Waals surface area contributed by atoms with Gasteiger partial charge in [-0.3, -0.25) is 4.79 Å². The number of nitrogens with one attached hydrogen (secondary N) is 1. The molecule has 7 heteroatoms. The summed E-state index contributed by atoms with van der Waals surface area (Å²) in [4.78, 5) is 18.2. The fourth-order valence-electron chi connectivity index (χ4n) is 3.01. The highest BCUT2D eigenvalue weighted by Crippen LogP contribution is 2.42. The second-order valence-corrected chi connectivity index (χ2v) is 7.45. The van der Waals surface area contributed by atoms with Crippen molar-refractivity contribution in [3.8, 4) is 11.5 Å². The molecule has 6 nitrogen and oxygen atoms in total. The summed E-state index contributed by atoms with van der Waals surface area (Å²) in [5, 5.41) is 7.64. The first-order valence-electron chi connectivity index (χ1n) is 8.69. The zero-order valence-electron chi connectivity index (χ0n) is 15.1. The van der Waals surface area contributed by atoms with E-state index in [1.54, 1.807) is 13.8 Å². The fourth-order valence-corrected chi connectivity index (χ4v) is 4.18. The van der Waals surface area contributed by atoms with Gasteiger partial charge in [-0.15, -0.1) is 11.3 Å². The van der Waals surface area contributed by atoms with E-state index in [0.717, 1.165) is 33.0 Å². The van der Waals surface area contributed by atoms with Crippen molar-refractivity contribution in [2.45, 2.75) is 26.9 Å². The Labute approximate surface area is 160 Å². The zero-order valence-corrected chi connectivity index (χ0v) is 15.9. The van der Waals surface area contributed by atoms with Crippen molar-refractivity contribution in [2.24, 2.45) is 0 Å².